The summed E-state index contributed by atoms with van der Waals surface area (Å²) >= 11 is 0. The minimum Gasteiger partial charge on any atom is -0.463 e. The molecule has 1 aromatic carbocycles. The van der Waals surface area contributed by atoms with Crippen LogP contribution >= 0.6 is 0 Å². The van der Waals surface area contributed by atoms with Gasteiger partial charge in [-0.15, -0.1) is 0 Å². The van der Waals surface area contributed by atoms with Gasteiger partial charge in [0, 0.05) is 19.3 Å². The molecule has 0 aliphatic rings. The monoisotopic (exact) mass is 364 g/mol. The topological polar surface area (TPSA) is 44.8 Å². The Kier molecular flexibility index (Phi) is 11.1. The van der Waals surface area contributed by atoms with Crippen LogP contribution in [-0.2, 0) is 18.4 Å². The molecule has 0 saturated heterocycles. The molecule has 0 aromatic heterocycles. The van der Waals surface area contributed by atoms with Gasteiger partial charge in [-0.05, 0) is 30.5 Å². The lowest BCUT2D eigenvalue weighted by Crippen LogP contribution is -2.54. The predicted molar refractivity (Wildman–Crippen MR) is 104 cm³/mol. The fraction of sp³-hybridized carbons (Fsp3) is 0.550. The number of benzene rings is 1. The van der Waals surface area contributed by atoms with Crippen molar-refractivity contribution in [2.75, 3.05) is 19.8 Å². The van der Waals surface area contributed by atoms with Crippen molar-refractivity contribution in [3.63, 3.8) is 0 Å². The molecule has 0 amide bonds. The van der Waals surface area contributed by atoms with Gasteiger partial charge in [0.05, 0.1) is 6.61 Å². The summed E-state index contributed by atoms with van der Waals surface area (Å²) in [5.41, 5.74) is 0. The third-order valence-corrected chi connectivity index (χ3v) is 7.51. The number of carbonyl (C=O) groups excluding carboxylic acids is 1. The van der Waals surface area contributed by atoms with Crippen LogP contribution in [-0.4, -0.2) is 34.4 Å². The largest absolute Gasteiger partial charge is 0.463 e. The van der Waals surface area contributed by atoms with Crippen LogP contribution in [0.15, 0.2) is 43.0 Å². The number of ether oxygens (including phenoxy) is 1. The zero-order chi connectivity index (χ0) is 18.4. The summed E-state index contributed by atoms with van der Waals surface area (Å²) in [5.74, 6) is -0.384. The van der Waals surface area contributed by atoms with Crippen molar-refractivity contribution in [1.29, 1.82) is 0 Å². The van der Waals surface area contributed by atoms with E-state index >= 15 is 0 Å². The lowest BCUT2D eigenvalue weighted by Gasteiger charge is -2.31. The molecule has 0 unspecified atom stereocenters. The summed E-state index contributed by atoms with van der Waals surface area (Å²) in [6, 6.07) is 11.0. The van der Waals surface area contributed by atoms with Gasteiger partial charge in [0.25, 0.3) is 0 Å². The predicted octanol–water partition coefficient (Wildman–Crippen LogP) is 4.09. The lowest BCUT2D eigenvalue weighted by atomic mass is 10.4. The van der Waals surface area contributed by atoms with Crippen molar-refractivity contribution in [2.45, 2.75) is 52.0 Å². The van der Waals surface area contributed by atoms with Crippen molar-refractivity contribution >= 4 is 19.7 Å². The summed E-state index contributed by atoms with van der Waals surface area (Å²) in [6.45, 7) is 9.50. The van der Waals surface area contributed by atoms with Gasteiger partial charge in [-0.1, -0.05) is 63.6 Å². The highest BCUT2D eigenvalue weighted by Gasteiger charge is 2.39. The molecule has 0 heterocycles. The van der Waals surface area contributed by atoms with Crippen LogP contribution in [0.1, 0.15) is 46.0 Å². The average Bonchev–Trinajstić information content (AvgIpc) is 2.65. The van der Waals surface area contributed by atoms with Crippen LogP contribution in [0.25, 0.3) is 0 Å². The van der Waals surface area contributed by atoms with Crippen LogP contribution in [0.2, 0.25) is 6.04 Å². The van der Waals surface area contributed by atoms with Crippen LogP contribution in [0, 0.1) is 0 Å². The Hall–Kier alpha value is -1.43. The number of hydrogen-bond donors (Lipinski definition) is 0. The molecule has 0 fully saturated rings. The van der Waals surface area contributed by atoms with E-state index in [0.717, 1.165) is 43.3 Å². The number of rotatable bonds is 14. The van der Waals surface area contributed by atoms with Crippen LogP contribution in [0.4, 0.5) is 0 Å². The Morgan fingerprint density at radius 1 is 1.00 bits per heavy atom. The molecule has 25 heavy (non-hydrogen) atoms. The third kappa shape index (κ3) is 7.99. The van der Waals surface area contributed by atoms with E-state index in [1.807, 2.05) is 18.2 Å². The summed E-state index contributed by atoms with van der Waals surface area (Å²) in [6.07, 6.45) is 6.13. The smallest absolute Gasteiger partial charge is 0.372 e. The molecule has 0 aliphatic heterocycles. The SMILES string of the molecule is C=CC(=O)OCCC[Si](OCCCC)(OCCCC)c1ccccc1. The van der Waals surface area contributed by atoms with Crippen molar-refractivity contribution in [1.82, 2.24) is 0 Å². The Morgan fingerprint density at radius 2 is 1.60 bits per heavy atom. The standard InChI is InChI=1S/C20H32O4Si/c1-4-7-16-23-25(24-17-8-5-2,19-13-10-9-11-14-19)18-12-15-22-20(21)6-3/h6,9-11,13-14H,3-5,7-8,12,15-18H2,1-2H3. The first kappa shape index (κ1) is 21.6. The summed E-state index contributed by atoms with van der Waals surface area (Å²) in [5, 5.41) is 1.15. The van der Waals surface area contributed by atoms with Crippen molar-refractivity contribution in [3.05, 3.63) is 43.0 Å². The second-order valence-corrected chi connectivity index (χ2v) is 9.16. The summed E-state index contributed by atoms with van der Waals surface area (Å²) in [7, 11) is -2.55. The molecule has 0 saturated carbocycles. The molecule has 0 atom stereocenters. The number of esters is 1. The number of carbonyl (C=O) groups is 1. The first-order valence-corrected chi connectivity index (χ1v) is 11.3. The minimum atomic E-state index is -2.55. The van der Waals surface area contributed by atoms with Crippen molar-refractivity contribution in [3.8, 4) is 0 Å². The van der Waals surface area contributed by atoms with Gasteiger partial charge in [-0.3, -0.25) is 0 Å². The van der Waals surface area contributed by atoms with E-state index in [4.69, 9.17) is 13.6 Å². The maximum absolute atomic E-state index is 11.2. The Labute approximate surface area is 153 Å². The van der Waals surface area contributed by atoms with Crippen molar-refractivity contribution in [2.24, 2.45) is 0 Å². The normalized spacial score (nSPS) is 11.3. The second-order valence-electron chi connectivity index (χ2n) is 6.00. The first-order valence-electron chi connectivity index (χ1n) is 9.31. The van der Waals surface area contributed by atoms with Gasteiger partial charge in [0.15, 0.2) is 0 Å². The summed E-state index contributed by atoms with van der Waals surface area (Å²) in [4.78, 5) is 11.2. The molecule has 0 N–H and O–H groups in total. The van der Waals surface area contributed by atoms with Gasteiger partial charge in [-0.2, -0.15) is 0 Å². The van der Waals surface area contributed by atoms with Gasteiger partial charge in [0.1, 0.15) is 0 Å². The van der Waals surface area contributed by atoms with E-state index in [-0.39, 0.29) is 5.97 Å². The quantitative estimate of drug-likeness (QED) is 0.216. The second kappa shape index (κ2) is 12.9. The highest BCUT2D eigenvalue weighted by Crippen LogP contribution is 2.18. The van der Waals surface area contributed by atoms with Gasteiger partial charge < -0.3 is 13.6 Å². The van der Waals surface area contributed by atoms with E-state index in [0.29, 0.717) is 19.8 Å². The maximum atomic E-state index is 11.2. The highest BCUT2D eigenvalue weighted by molar-refractivity contribution is 6.81. The van der Waals surface area contributed by atoms with Crippen LogP contribution in [0.5, 0.6) is 0 Å². The van der Waals surface area contributed by atoms with Crippen LogP contribution < -0.4 is 5.19 Å². The number of unbranched alkanes of at least 4 members (excludes halogenated alkanes) is 2. The van der Waals surface area contributed by atoms with E-state index in [2.05, 4.69) is 32.6 Å². The van der Waals surface area contributed by atoms with Crippen molar-refractivity contribution < 1.29 is 18.4 Å². The molecular formula is C20H32O4Si. The molecular weight excluding hydrogens is 332 g/mol. The molecule has 140 valence electrons. The minimum absolute atomic E-state index is 0.362. The van der Waals surface area contributed by atoms with Gasteiger partial charge in [0.2, 0.25) is 0 Å². The molecule has 0 aliphatic carbocycles. The molecule has 1 aromatic rings. The molecule has 0 spiro atoms. The van der Waals surface area contributed by atoms with E-state index in [1.54, 1.807) is 0 Å². The molecule has 4 nitrogen and oxygen atoms in total. The third-order valence-electron chi connectivity index (χ3n) is 3.94. The maximum Gasteiger partial charge on any atom is 0.372 e. The zero-order valence-electron chi connectivity index (χ0n) is 15.7. The van der Waals surface area contributed by atoms with E-state index in [1.165, 1.54) is 6.08 Å². The van der Waals surface area contributed by atoms with E-state index < -0.39 is 8.56 Å². The average molecular weight is 365 g/mol. The zero-order valence-corrected chi connectivity index (χ0v) is 16.7. The summed E-state index contributed by atoms with van der Waals surface area (Å²) < 4.78 is 17.9. The van der Waals surface area contributed by atoms with Gasteiger partial charge in [-0.25, -0.2) is 4.79 Å². The van der Waals surface area contributed by atoms with Crippen LogP contribution in [0.3, 0.4) is 0 Å². The Balaban J connectivity index is 2.85. The van der Waals surface area contributed by atoms with Gasteiger partial charge >= 0.3 is 14.5 Å². The molecule has 1 rings (SSSR count). The Morgan fingerprint density at radius 3 is 2.12 bits per heavy atom. The Bertz CT molecular complexity index is 480. The number of hydrogen-bond acceptors (Lipinski definition) is 4. The molecule has 0 bridgehead atoms. The fourth-order valence-corrected chi connectivity index (χ4v) is 5.74. The molecule has 0 radical (unpaired) electrons. The fourth-order valence-electron chi connectivity index (χ4n) is 2.49. The lowest BCUT2D eigenvalue weighted by molar-refractivity contribution is -0.137. The highest BCUT2D eigenvalue weighted by atomic mass is 28.4. The first-order chi connectivity index (χ1) is 12.2. The molecule has 5 heteroatoms. The van der Waals surface area contributed by atoms with E-state index in [9.17, 15) is 4.79 Å².